The molecule has 0 unspecified atom stereocenters. The number of benzene rings is 1. The lowest BCUT2D eigenvalue weighted by atomic mass is 10.2. The number of rotatable bonds is 5. The second kappa shape index (κ2) is 6.00. The lowest BCUT2D eigenvalue weighted by Crippen LogP contribution is -2.15. The molecule has 1 aromatic carbocycles. The molecule has 0 saturated carbocycles. The minimum atomic E-state index is -0.138. The molecular formula is C10H14FNS. The van der Waals surface area contributed by atoms with Crippen molar-refractivity contribution in [1.82, 2.24) is 5.32 Å². The van der Waals surface area contributed by atoms with Crippen molar-refractivity contribution in [2.75, 3.05) is 12.3 Å². The van der Waals surface area contributed by atoms with Gasteiger partial charge in [0.25, 0.3) is 0 Å². The average Bonchev–Trinajstić information content (AvgIpc) is 2.15. The molecule has 1 nitrogen and oxygen atoms in total. The lowest BCUT2D eigenvalue weighted by molar-refractivity contribution is 0.587. The van der Waals surface area contributed by atoms with Gasteiger partial charge in [-0.05, 0) is 24.8 Å². The summed E-state index contributed by atoms with van der Waals surface area (Å²) >= 11 is 4.09. The molecular weight excluding hydrogens is 185 g/mol. The first-order chi connectivity index (χ1) is 6.34. The molecule has 0 atom stereocenters. The van der Waals surface area contributed by atoms with Crippen LogP contribution < -0.4 is 5.32 Å². The molecule has 0 amide bonds. The molecule has 0 aliphatic carbocycles. The maximum atomic E-state index is 13.0. The first-order valence-corrected chi connectivity index (χ1v) is 5.03. The maximum Gasteiger partial charge on any atom is 0.127 e. The van der Waals surface area contributed by atoms with Crippen LogP contribution in [0.2, 0.25) is 0 Å². The fourth-order valence-corrected chi connectivity index (χ4v) is 1.23. The molecule has 1 aromatic rings. The second-order valence-corrected chi connectivity index (χ2v) is 3.29. The number of thiol groups is 1. The van der Waals surface area contributed by atoms with Gasteiger partial charge < -0.3 is 5.32 Å². The van der Waals surface area contributed by atoms with E-state index in [9.17, 15) is 4.39 Å². The van der Waals surface area contributed by atoms with Gasteiger partial charge in [-0.25, -0.2) is 4.39 Å². The zero-order valence-corrected chi connectivity index (χ0v) is 8.36. The van der Waals surface area contributed by atoms with E-state index in [2.05, 4.69) is 17.9 Å². The van der Waals surface area contributed by atoms with Gasteiger partial charge in [-0.3, -0.25) is 0 Å². The van der Waals surface area contributed by atoms with Crippen LogP contribution in [0.1, 0.15) is 12.0 Å². The minimum Gasteiger partial charge on any atom is -0.313 e. The quantitative estimate of drug-likeness (QED) is 0.547. The Balaban J connectivity index is 2.32. The predicted molar refractivity (Wildman–Crippen MR) is 56.6 cm³/mol. The summed E-state index contributed by atoms with van der Waals surface area (Å²) in [4.78, 5) is 0. The van der Waals surface area contributed by atoms with Crippen LogP contribution in [0.25, 0.3) is 0 Å². The Morgan fingerprint density at radius 1 is 1.31 bits per heavy atom. The van der Waals surface area contributed by atoms with Crippen LogP contribution in [0.5, 0.6) is 0 Å². The fourth-order valence-electron chi connectivity index (χ4n) is 1.07. The maximum absolute atomic E-state index is 13.0. The second-order valence-electron chi connectivity index (χ2n) is 2.85. The van der Waals surface area contributed by atoms with Gasteiger partial charge in [-0.1, -0.05) is 18.2 Å². The van der Waals surface area contributed by atoms with Crippen LogP contribution in [-0.4, -0.2) is 12.3 Å². The lowest BCUT2D eigenvalue weighted by Gasteiger charge is -2.04. The Morgan fingerprint density at radius 2 is 2.08 bits per heavy atom. The molecule has 0 radical (unpaired) electrons. The highest BCUT2D eigenvalue weighted by atomic mass is 32.1. The third-order valence-electron chi connectivity index (χ3n) is 1.78. The van der Waals surface area contributed by atoms with E-state index in [1.54, 1.807) is 12.1 Å². The number of nitrogens with one attached hydrogen (secondary N) is 1. The smallest absolute Gasteiger partial charge is 0.127 e. The molecule has 13 heavy (non-hydrogen) atoms. The number of hydrogen-bond donors (Lipinski definition) is 2. The van der Waals surface area contributed by atoms with Crippen molar-refractivity contribution in [3.8, 4) is 0 Å². The van der Waals surface area contributed by atoms with Crippen molar-refractivity contribution in [2.45, 2.75) is 13.0 Å². The Labute approximate surface area is 83.8 Å². The first-order valence-electron chi connectivity index (χ1n) is 4.39. The van der Waals surface area contributed by atoms with Crippen LogP contribution in [-0.2, 0) is 6.54 Å². The number of halogens is 1. The Hall–Kier alpha value is -0.540. The molecule has 1 rings (SSSR count). The predicted octanol–water partition coefficient (Wildman–Crippen LogP) is 2.24. The zero-order valence-electron chi connectivity index (χ0n) is 7.46. The Kier molecular flexibility index (Phi) is 4.86. The fraction of sp³-hybridized carbons (Fsp3) is 0.400. The van der Waals surface area contributed by atoms with Crippen molar-refractivity contribution in [2.24, 2.45) is 0 Å². The summed E-state index contributed by atoms with van der Waals surface area (Å²) in [7, 11) is 0. The molecule has 0 aliphatic rings. The molecule has 0 spiro atoms. The van der Waals surface area contributed by atoms with Crippen LogP contribution in [0.4, 0.5) is 4.39 Å². The summed E-state index contributed by atoms with van der Waals surface area (Å²) in [6.07, 6.45) is 1.01. The summed E-state index contributed by atoms with van der Waals surface area (Å²) in [6, 6.07) is 6.82. The van der Waals surface area contributed by atoms with Gasteiger partial charge in [0, 0.05) is 12.1 Å². The molecule has 0 heterocycles. The molecule has 1 N–H and O–H groups in total. The third kappa shape index (κ3) is 3.79. The highest BCUT2D eigenvalue weighted by molar-refractivity contribution is 7.80. The van der Waals surface area contributed by atoms with Crippen LogP contribution in [0.15, 0.2) is 24.3 Å². The van der Waals surface area contributed by atoms with Gasteiger partial charge in [0.15, 0.2) is 0 Å². The van der Waals surface area contributed by atoms with E-state index in [1.165, 1.54) is 6.07 Å². The van der Waals surface area contributed by atoms with E-state index >= 15 is 0 Å². The molecule has 0 aliphatic heterocycles. The van der Waals surface area contributed by atoms with Crippen molar-refractivity contribution >= 4 is 12.6 Å². The van der Waals surface area contributed by atoms with Crippen molar-refractivity contribution in [1.29, 1.82) is 0 Å². The van der Waals surface area contributed by atoms with Gasteiger partial charge in [-0.2, -0.15) is 12.6 Å². The Morgan fingerprint density at radius 3 is 2.77 bits per heavy atom. The minimum absolute atomic E-state index is 0.138. The summed E-state index contributed by atoms with van der Waals surface area (Å²) < 4.78 is 13.0. The summed E-state index contributed by atoms with van der Waals surface area (Å²) in [6.45, 7) is 1.48. The van der Waals surface area contributed by atoms with Gasteiger partial charge in [0.05, 0.1) is 0 Å². The van der Waals surface area contributed by atoms with Gasteiger partial charge in [0.1, 0.15) is 5.82 Å². The summed E-state index contributed by atoms with van der Waals surface area (Å²) in [5.74, 6) is 0.727. The van der Waals surface area contributed by atoms with Crippen LogP contribution >= 0.6 is 12.6 Å². The van der Waals surface area contributed by atoms with Crippen molar-refractivity contribution < 1.29 is 4.39 Å². The molecule has 0 saturated heterocycles. The number of hydrogen-bond acceptors (Lipinski definition) is 2. The van der Waals surface area contributed by atoms with Crippen molar-refractivity contribution in [3.63, 3.8) is 0 Å². The highest BCUT2D eigenvalue weighted by Gasteiger charge is 1.98. The molecule has 3 heteroatoms. The van der Waals surface area contributed by atoms with E-state index in [1.807, 2.05) is 6.07 Å². The molecule has 0 aromatic heterocycles. The first kappa shape index (κ1) is 10.5. The topological polar surface area (TPSA) is 12.0 Å². The van der Waals surface area contributed by atoms with Crippen molar-refractivity contribution in [3.05, 3.63) is 35.6 Å². The zero-order chi connectivity index (χ0) is 9.52. The monoisotopic (exact) mass is 199 g/mol. The highest BCUT2D eigenvalue weighted by Crippen LogP contribution is 2.05. The van der Waals surface area contributed by atoms with E-state index in [-0.39, 0.29) is 5.82 Å². The van der Waals surface area contributed by atoms with E-state index in [4.69, 9.17) is 0 Å². The van der Waals surface area contributed by atoms with E-state index in [0.29, 0.717) is 6.54 Å². The normalized spacial score (nSPS) is 10.3. The van der Waals surface area contributed by atoms with Gasteiger partial charge >= 0.3 is 0 Å². The summed E-state index contributed by atoms with van der Waals surface area (Å²) in [5.41, 5.74) is 0.724. The molecule has 72 valence electrons. The molecule has 0 fully saturated rings. The van der Waals surface area contributed by atoms with E-state index < -0.39 is 0 Å². The van der Waals surface area contributed by atoms with Crippen LogP contribution in [0, 0.1) is 5.82 Å². The van der Waals surface area contributed by atoms with E-state index in [0.717, 1.165) is 24.3 Å². The average molecular weight is 199 g/mol. The standard InChI is InChI=1S/C10H14FNS/c11-10-5-2-1-4-9(10)8-12-6-3-7-13/h1-2,4-5,12-13H,3,6-8H2. The Bertz CT molecular complexity index is 252. The van der Waals surface area contributed by atoms with Gasteiger partial charge in [-0.15, -0.1) is 0 Å². The SMILES string of the molecule is Fc1ccccc1CNCCCS. The molecule has 0 bridgehead atoms. The largest absolute Gasteiger partial charge is 0.313 e. The van der Waals surface area contributed by atoms with Crippen LogP contribution in [0.3, 0.4) is 0 Å². The summed E-state index contributed by atoms with van der Waals surface area (Å²) in [5, 5.41) is 3.15. The third-order valence-corrected chi connectivity index (χ3v) is 2.10. The van der Waals surface area contributed by atoms with Gasteiger partial charge in [0.2, 0.25) is 0 Å².